The first-order chi connectivity index (χ1) is 12.1. The van der Waals surface area contributed by atoms with E-state index in [1.165, 1.54) is 25.3 Å². The zero-order valence-corrected chi connectivity index (χ0v) is 15.7. The average Bonchev–Trinajstić information content (AvgIpc) is 2.92. The lowest BCUT2D eigenvalue weighted by Crippen LogP contribution is -2.16. The summed E-state index contributed by atoms with van der Waals surface area (Å²) >= 11 is 0. The molecule has 0 bridgehead atoms. The molecule has 7 nitrogen and oxygen atoms in total. The largest absolute Gasteiger partial charge is 0.495 e. The smallest absolute Gasteiger partial charge is 0.417 e. The van der Waals surface area contributed by atoms with Crippen molar-refractivity contribution in [1.29, 1.82) is 0 Å². The summed E-state index contributed by atoms with van der Waals surface area (Å²) in [6.07, 6.45) is 0. The van der Waals surface area contributed by atoms with E-state index in [9.17, 15) is 13.2 Å². The van der Waals surface area contributed by atoms with Crippen LogP contribution in [0.5, 0.6) is 5.75 Å². The number of hydrogen-bond acceptors (Lipinski definition) is 5. The molecular formula is C18H20N2O5S. The second-order valence-corrected chi connectivity index (χ2v) is 8.63. The summed E-state index contributed by atoms with van der Waals surface area (Å²) in [5.41, 5.74) is 1.76. The van der Waals surface area contributed by atoms with Crippen LogP contribution in [0.15, 0.2) is 50.5 Å². The number of hydrogen-bond donors (Lipinski definition) is 2. The number of benzene rings is 2. The second-order valence-electron chi connectivity index (χ2n) is 6.94. The molecule has 0 saturated heterocycles. The number of H-pyrrole nitrogens is 1. The molecule has 0 fully saturated rings. The Morgan fingerprint density at radius 1 is 1.12 bits per heavy atom. The molecule has 3 aromatic rings. The van der Waals surface area contributed by atoms with Gasteiger partial charge in [-0.1, -0.05) is 26.8 Å². The molecule has 8 heteroatoms. The van der Waals surface area contributed by atoms with Crippen molar-refractivity contribution in [1.82, 2.24) is 4.98 Å². The molecule has 3 rings (SSSR count). The Kier molecular flexibility index (Phi) is 4.31. The van der Waals surface area contributed by atoms with E-state index in [4.69, 9.17) is 9.15 Å². The fourth-order valence-electron chi connectivity index (χ4n) is 2.55. The van der Waals surface area contributed by atoms with E-state index in [1.54, 1.807) is 12.1 Å². The van der Waals surface area contributed by atoms with Gasteiger partial charge >= 0.3 is 5.76 Å². The number of fused-ring (bicyclic) bond motifs is 1. The summed E-state index contributed by atoms with van der Waals surface area (Å²) in [5.74, 6) is -0.224. The highest BCUT2D eigenvalue weighted by atomic mass is 32.2. The molecule has 2 N–H and O–H groups in total. The predicted molar refractivity (Wildman–Crippen MR) is 99.3 cm³/mol. The maximum absolute atomic E-state index is 12.8. The van der Waals surface area contributed by atoms with Crippen molar-refractivity contribution < 1.29 is 17.6 Å². The van der Waals surface area contributed by atoms with Crippen molar-refractivity contribution in [3.05, 3.63) is 52.5 Å². The fraction of sp³-hybridized carbons (Fsp3) is 0.278. The van der Waals surface area contributed by atoms with Crippen LogP contribution in [0.1, 0.15) is 26.3 Å². The molecule has 0 atom stereocenters. The summed E-state index contributed by atoms with van der Waals surface area (Å²) in [5, 5.41) is 0. The number of nitrogens with one attached hydrogen (secondary N) is 2. The zero-order valence-electron chi connectivity index (χ0n) is 14.9. The van der Waals surface area contributed by atoms with E-state index in [-0.39, 0.29) is 15.9 Å². The Balaban J connectivity index is 2.03. The van der Waals surface area contributed by atoms with Gasteiger partial charge in [0.25, 0.3) is 10.0 Å². The van der Waals surface area contributed by atoms with E-state index < -0.39 is 15.8 Å². The van der Waals surface area contributed by atoms with E-state index in [1.807, 2.05) is 26.8 Å². The summed E-state index contributed by atoms with van der Waals surface area (Å²) < 4.78 is 38.3. The third-order valence-electron chi connectivity index (χ3n) is 4.01. The zero-order chi connectivity index (χ0) is 19.1. The maximum Gasteiger partial charge on any atom is 0.417 e. The van der Waals surface area contributed by atoms with Crippen LogP contribution in [0.3, 0.4) is 0 Å². The van der Waals surface area contributed by atoms with Gasteiger partial charge in [0.1, 0.15) is 5.75 Å². The Morgan fingerprint density at radius 3 is 2.50 bits per heavy atom. The highest BCUT2D eigenvalue weighted by Gasteiger charge is 2.21. The SMILES string of the molecule is COc1ccc(C(C)(C)C)cc1NS(=O)(=O)c1ccc2[nH]c(=O)oc2c1. The molecule has 0 aliphatic carbocycles. The minimum absolute atomic E-state index is 0.0176. The Bertz CT molecular complexity index is 1120. The molecule has 26 heavy (non-hydrogen) atoms. The van der Waals surface area contributed by atoms with Crippen molar-refractivity contribution >= 4 is 26.8 Å². The van der Waals surface area contributed by atoms with Gasteiger partial charge in [-0.3, -0.25) is 9.71 Å². The van der Waals surface area contributed by atoms with E-state index in [2.05, 4.69) is 9.71 Å². The summed E-state index contributed by atoms with van der Waals surface area (Å²) in [6.45, 7) is 6.11. The minimum atomic E-state index is -3.90. The Morgan fingerprint density at radius 2 is 1.85 bits per heavy atom. The van der Waals surface area contributed by atoms with Crippen LogP contribution in [0.25, 0.3) is 11.1 Å². The van der Waals surface area contributed by atoms with Crippen LogP contribution in [0.4, 0.5) is 5.69 Å². The van der Waals surface area contributed by atoms with Crippen LogP contribution in [-0.2, 0) is 15.4 Å². The number of aromatic amines is 1. The Labute approximate surface area is 151 Å². The molecule has 0 aliphatic heterocycles. The quantitative estimate of drug-likeness (QED) is 0.728. The van der Waals surface area contributed by atoms with Gasteiger partial charge in [0.15, 0.2) is 5.58 Å². The van der Waals surface area contributed by atoms with Crippen LogP contribution in [0.2, 0.25) is 0 Å². The van der Waals surface area contributed by atoms with E-state index in [0.717, 1.165) is 5.56 Å². The number of ether oxygens (including phenoxy) is 1. The van der Waals surface area contributed by atoms with Crippen molar-refractivity contribution in [3.63, 3.8) is 0 Å². The molecule has 138 valence electrons. The predicted octanol–water partition coefficient (Wildman–Crippen LogP) is 3.23. The molecule has 1 heterocycles. The van der Waals surface area contributed by atoms with Gasteiger partial charge < -0.3 is 9.15 Å². The van der Waals surface area contributed by atoms with Crippen LogP contribution < -0.4 is 15.2 Å². The van der Waals surface area contributed by atoms with Gasteiger partial charge in [-0.25, -0.2) is 13.2 Å². The lowest BCUT2D eigenvalue weighted by molar-refractivity contribution is 0.416. The third kappa shape index (κ3) is 3.45. The highest BCUT2D eigenvalue weighted by molar-refractivity contribution is 7.92. The van der Waals surface area contributed by atoms with Crippen LogP contribution >= 0.6 is 0 Å². The number of aromatic nitrogens is 1. The molecule has 1 aromatic heterocycles. The average molecular weight is 376 g/mol. The molecule has 0 amide bonds. The molecule has 2 aromatic carbocycles. The molecular weight excluding hydrogens is 356 g/mol. The first-order valence-electron chi connectivity index (χ1n) is 7.94. The molecule has 0 spiro atoms. The monoisotopic (exact) mass is 376 g/mol. The van der Waals surface area contributed by atoms with Crippen molar-refractivity contribution in [2.45, 2.75) is 31.1 Å². The lowest BCUT2D eigenvalue weighted by atomic mass is 9.87. The molecule has 0 aliphatic rings. The van der Waals surface area contributed by atoms with Crippen molar-refractivity contribution in [3.8, 4) is 5.75 Å². The standard InChI is InChI=1S/C18H20N2O5S/c1-18(2,3)11-5-8-15(24-4)14(9-11)20-26(22,23)12-6-7-13-16(10-12)25-17(21)19-13/h5-10,20H,1-4H3,(H,19,21). The second kappa shape index (κ2) is 6.21. The van der Waals surface area contributed by atoms with Crippen LogP contribution in [0, 0.1) is 0 Å². The first-order valence-corrected chi connectivity index (χ1v) is 9.43. The maximum atomic E-state index is 12.8. The summed E-state index contributed by atoms with van der Waals surface area (Å²) in [6, 6.07) is 9.57. The topological polar surface area (TPSA) is 101 Å². The van der Waals surface area contributed by atoms with Crippen molar-refractivity contribution in [2.75, 3.05) is 11.8 Å². The number of oxazole rings is 1. The number of sulfonamides is 1. The van der Waals surface area contributed by atoms with Gasteiger partial charge in [-0.2, -0.15) is 0 Å². The number of anilines is 1. The number of methoxy groups -OCH3 is 1. The fourth-order valence-corrected chi connectivity index (χ4v) is 3.63. The van der Waals surface area contributed by atoms with Crippen LogP contribution in [-0.4, -0.2) is 20.5 Å². The van der Waals surface area contributed by atoms with Gasteiger partial charge in [0, 0.05) is 6.07 Å². The van der Waals surface area contributed by atoms with Gasteiger partial charge in [-0.05, 0) is 35.2 Å². The van der Waals surface area contributed by atoms with E-state index in [0.29, 0.717) is 17.0 Å². The van der Waals surface area contributed by atoms with Gasteiger partial charge in [0.05, 0.1) is 23.2 Å². The minimum Gasteiger partial charge on any atom is -0.495 e. The Hall–Kier alpha value is -2.74. The van der Waals surface area contributed by atoms with E-state index >= 15 is 0 Å². The molecule has 0 radical (unpaired) electrons. The lowest BCUT2D eigenvalue weighted by Gasteiger charge is -2.21. The molecule has 0 unspecified atom stereocenters. The van der Waals surface area contributed by atoms with Gasteiger partial charge in [-0.15, -0.1) is 0 Å². The third-order valence-corrected chi connectivity index (χ3v) is 5.38. The first kappa shape index (κ1) is 18.1. The normalized spacial score (nSPS) is 12.3. The van der Waals surface area contributed by atoms with Crippen molar-refractivity contribution in [2.24, 2.45) is 0 Å². The summed E-state index contributed by atoms with van der Waals surface area (Å²) in [4.78, 5) is 13.7. The van der Waals surface area contributed by atoms with Gasteiger partial charge in [0.2, 0.25) is 0 Å². The number of rotatable bonds is 4. The molecule has 0 saturated carbocycles. The summed E-state index contributed by atoms with van der Waals surface area (Å²) in [7, 11) is -2.42. The highest BCUT2D eigenvalue weighted by Crippen LogP contribution is 2.33.